The summed E-state index contributed by atoms with van der Waals surface area (Å²) in [6.07, 6.45) is 0. The van der Waals surface area contributed by atoms with Gasteiger partial charge in [0.05, 0.1) is 12.3 Å². The Labute approximate surface area is 147 Å². The van der Waals surface area contributed by atoms with E-state index in [0.29, 0.717) is 24.1 Å². The fraction of sp³-hybridized carbons (Fsp3) is 0.417. The van der Waals surface area contributed by atoms with Gasteiger partial charge in [-0.2, -0.15) is 0 Å². The van der Waals surface area contributed by atoms with E-state index in [1.54, 1.807) is 6.07 Å². The van der Waals surface area contributed by atoms with E-state index in [9.17, 15) is 8.42 Å². The third kappa shape index (κ3) is 9.88. The lowest BCUT2D eigenvalue weighted by Gasteiger charge is -2.10. The average Bonchev–Trinajstić information content (AvgIpc) is 2.34. The second-order valence-corrected chi connectivity index (χ2v) is 6.29. The molecule has 0 aliphatic heterocycles. The molecule has 1 rings (SSSR count). The van der Waals surface area contributed by atoms with E-state index < -0.39 is 10.0 Å². The third-order valence-corrected chi connectivity index (χ3v) is 3.34. The molecule has 0 radical (unpaired) electrons. The molecular weight excluding hydrogens is 427 g/mol. The first-order valence-corrected chi connectivity index (χ1v) is 8.27. The van der Waals surface area contributed by atoms with Crippen molar-refractivity contribution in [2.24, 2.45) is 10.1 Å². The molecule has 120 valence electrons. The second-order valence-electron chi connectivity index (χ2n) is 4.12. The number of nitrogens with two attached hydrogens (primary N) is 1. The molecule has 6 nitrogen and oxygen atoms in total. The van der Waals surface area contributed by atoms with Crippen LogP contribution in [0.15, 0.2) is 29.3 Å². The number of nitrogens with one attached hydrogen (secondary N) is 2. The van der Waals surface area contributed by atoms with Crippen molar-refractivity contribution in [3.05, 3.63) is 34.9 Å². The van der Waals surface area contributed by atoms with Gasteiger partial charge in [0.2, 0.25) is 10.0 Å². The van der Waals surface area contributed by atoms with Gasteiger partial charge in [-0.15, -0.1) is 24.0 Å². The summed E-state index contributed by atoms with van der Waals surface area (Å²) < 4.78 is 21.7. The lowest BCUT2D eigenvalue weighted by Crippen LogP contribution is -2.40. The molecule has 0 spiro atoms. The predicted molar refractivity (Wildman–Crippen MR) is 97.7 cm³/mol. The Morgan fingerprint density at radius 1 is 1.38 bits per heavy atom. The summed E-state index contributed by atoms with van der Waals surface area (Å²) in [7, 11) is -3.47. The number of primary sulfonamides is 1. The van der Waals surface area contributed by atoms with Crippen LogP contribution in [0.25, 0.3) is 0 Å². The van der Waals surface area contributed by atoms with Crippen LogP contribution in [0, 0.1) is 0 Å². The highest BCUT2D eigenvalue weighted by atomic mass is 127. The maximum absolute atomic E-state index is 10.9. The maximum Gasteiger partial charge on any atom is 0.210 e. The molecule has 21 heavy (non-hydrogen) atoms. The maximum atomic E-state index is 10.9. The first-order chi connectivity index (χ1) is 9.40. The third-order valence-electron chi connectivity index (χ3n) is 2.33. The van der Waals surface area contributed by atoms with Crippen molar-refractivity contribution in [3.8, 4) is 0 Å². The Balaban J connectivity index is 0.00000400. The van der Waals surface area contributed by atoms with E-state index in [2.05, 4.69) is 15.6 Å². The number of guanidine groups is 1. The van der Waals surface area contributed by atoms with Gasteiger partial charge in [0.1, 0.15) is 0 Å². The van der Waals surface area contributed by atoms with Gasteiger partial charge in [-0.25, -0.2) is 18.5 Å². The lowest BCUT2D eigenvalue weighted by atomic mass is 10.2. The second kappa shape index (κ2) is 10.2. The summed E-state index contributed by atoms with van der Waals surface area (Å²) in [6.45, 7) is 3.26. The lowest BCUT2D eigenvalue weighted by molar-refractivity contribution is 0.596. The van der Waals surface area contributed by atoms with Crippen molar-refractivity contribution < 1.29 is 8.42 Å². The van der Waals surface area contributed by atoms with Crippen molar-refractivity contribution in [2.45, 2.75) is 13.5 Å². The molecule has 0 heterocycles. The van der Waals surface area contributed by atoms with Crippen LogP contribution in [0.1, 0.15) is 12.5 Å². The van der Waals surface area contributed by atoms with Crippen LogP contribution in [0.2, 0.25) is 5.02 Å². The topological polar surface area (TPSA) is 96.6 Å². The van der Waals surface area contributed by atoms with Gasteiger partial charge in [0, 0.05) is 18.1 Å². The standard InChI is InChI=1S/C12H19ClN4O2S.HI/c1-2-15-12(16-6-7-20(14,18)19)17-9-10-4-3-5-11(13)8-10;/h3-5,8H,2,6-7,9H2,1H3,(H2,14,18,19)(H2,15,16,17);1H. The molecule has 1 aromatic carbocycles. The average molecular weight is 447 g/mol. The Hall–Kier alpha value is -0.580. The highest BCUT2D eigenvalue weighted by Gasteiger charge is 2.03. The molecule has 0 bridgehead atoms. The number of nitrogens with zero attached hydrogens (tertiary/aromatic N) is 1. The number of benzene rings is 1. The fourth-order valence-electron chi connectivity index (χ4n) is 1.46. The van der Waals surface area contributed by atoms with Crippen LogP contribution in [0.5, 0.6) is 0 Å². The quantitative estimate of drug-likeness (QED) is 0.349. The molecule has 4 N–H and O–H groups in total. The van der Waals surface area contributed by atoms with Gasteiger partial charge in [0.25, 0.3) is 0 Å². The molecule has 0 fully saturated rings. The summed E-state index contributed by atoms with van der Waals surface area (Å²) in [5, 5.41) is 11.5. The van der Waals surface area contributed by atoms with Crippen molar-refractivity contribution in [1.82, 2.24) is 10.6 Å². The highest BCUT2D eigenvalue weighted by Crippen LogP contribution is 2.11. The van der Waals surface area contributed by atoms with Gasteiger partial charge < -0.3 is 10.6 Å². The monoisotopic (exact) mass is 446 g/mol. The normalized spacial score (nSPS) is 11.7. The summed E-state index contributed by atoms with van der Waals surface area (Å²) in [5.41, 5.74) is 0.973. The molecule has 0 aliphatic rings. The zero-order valence-electron chi connectivity index (χ0n) is 11.7. The molecule has 0 aromatic heterocycles. The van der Waals surface area contributed by atoms with Crippen molar-refractivity contribution in [2.75, 3.05) is 18.8 Å². The minimum absolute atomic E-state index is 0. The number of sulfonamides is 1. The molecule has 9 heteroatoms. The fourth-order valence-corrected chi connectivity index (χ4v) is 2.06. The molecular formula is C12H20ClIN4O2S. The first-order valence-electron chi connectivity index (χ1n) is 6.18. The van der Waals surface area contributed by atoms with Gasteiger partial charge in [-0.05, 0) is 24.6 Å². The van der Waals surface area contributed by atoms with E-state index in [0.717, 1.165) is 5.56 Å². The molecule has 0 atom stereocenters. The van der Waals surface area contributed by atoms with Crippen LogP contribution in [-0.4, -0.2) is 33.2 Å². The van der Waals surface area contributed by atoms with E-state index in [1.807, 2.05) is 25.1 Å². The van der Waals surface area contributed by atoms with Crippen molar-refractivity contribution in [1.29, 1.82) is 0 Å². The predicted octanol–water partition coefficient (Wildman–Crippen LogP) is 1.30. The van der Waals surface area contributed by atoms with Gasteiger partial charge >= 0.3 is 0 Å². The van der Waals surface area contributed by atoms with E-state index in [-0.39, 0.29) is 36.3 Å². The Kier molecular flexibility index (Phi) is 9.92. The number of halogens is 2. The molecule has 0 amide bonds. The number of hydrogen-bond acceptors (Lipinski definition) is 3. The van der Waals surface area contributed by atoms with Crippen LogP contribution in [0.4, 0.5) is 0 Å². The Bertz CT molecular complexity index is 566. The number of hydrogen-bond donors (Lipinski definition) is 3. The molecule has 1 aromatic rings. The summed E-state index contributed by atoms with van der Waals surface area (Å²) in [4.78, 5) is 4.34. The molecule has 0 unspecified atom stereocenters. The molecule has 0 saturated carbocycles. The number of aliphatic imine (C=N–C) groups is 1. The number of rotatable bonds is 6. The van der Waals surface area contributed by atoms with E-state index in [1.165, 1.54) is 0 Å². The van der Waals surface area contributed by atoms with Gasteiger partial charge in [-0.1, -0.05) is 23.7 Å². The van der Waals surface area contributed by atoms with Crippen LogP contribution >= 0.6 is 35.6 Å². The SMILES string of the molecule is CCNC(=NCc1cccc(Cl)c1)NCCS(N)(=O)=O.I. The van der Waals surface area contributed by atoms with Crippen LogP contribution in [-0.2, 0) is 16.6 Å². The minimum Gasteiger partial charge on any atom is -0.357 e. The highest BCUT2D eigenvalue weighted by molar-refractivity contribution is 14.0. The Morgan fingerprint density at radius 3 is 2.67 bits per heavy atom. The minimum atomic E-state index is -3.47. The summed E-state index contributed by atoms with van der Waals surface area (Å²) in [5.74, 6) is 0.394. The summed E-state index contributed by atoms with van der Waals surface area (Å²) >= 11 is 5.89. The van der Waals surface area contributed by atoms with Crippen LogP contribution < -0.4 is 15.8 Å². The van der Waals surface area contributed by atoms with Gasteiger partial charge in [0.15, 0.2) is 5.96 Å². The van der Waals surface area contributed by atoms with Crippen molar-refractivity contribution >= 4 is 51.6 Å². The van der Waals surface area contributed by atoms with E-state index in [4.69, 9.17) is 16.7 Å². The summed E-state index contributed by atoms with van der Waals surface area (Å²) in [6, 6.07) is 7.40. The Morgan fingerprint density at radius 2 is 2.10 bits per heavy atom. The largest absolute Gasteiger partial charge is 0.357 e. The smallest absolute Gasteiger partial charge is 0.210 e. The zero-order chi connectivity index (χ0) is 15.0. The molecule has 0 saturated heterocycles. The molecule has 0 aliphatic carbocycles. The first kappa shape index (κ1) is 20.4. The van der Waals surface area contributed by atoms with Crippen LogP contribution in [0.3, 0.4) is 0 Å². The van der Waals surface area contributed by atoms with Crippen molar-refractivity contribution in [3.63, 3.8) is 0 Å². The van der Waals surface area contributed by atoms with Gasteiger partial charge in [-0.3, -0.25) is 0 Å². The van der Waals surface area contributed by atoms with E-state index >= 15 is 0 Å². The zero-order valence-corrected chi connectivity index (χ0v) is 15.6.